The molecule has 1 unspecified atom stereocenters. The molecule has 0 spiro atoms. The SMILES string of the molecule is Cc1cc(N)nc(-c2c(Cl)c3c4c(nc(OCC56CCCN5C[C@H](F)C6)nc4c2F)N2CCNC[C@H]2[C@H](C)O3)c1C(F)(F)F. The lowest BCUT2D eigenvalue weighted by Crippen LogP contribution is -2.56. The summed E-state index contributed by atoms with van der Waals surface area (Å²) in [5.41, 5.74) is 2.21. The quantitative estimate of drug-likeness (QED) is 0.386. The van der Waals surface area contributed by atoms with Crippen molar-refractivity contribution in [3.63, 3.8) is 0 Å². The van der Waals surface area contributed by atoms with Gasteiger partial charge in [-0.05, 0) is 44.9 Å². The van der Waals surface area contributed by atoms with Gasteiger partial charge in [0.05, 0.1) is 38.8 Å². The Kier molecular flexibility index (Phi) is 6.98. The zero-order valence-electron chi connectivity index (χ0n) is 24.1. The summed E-state index contributed by atoms with van der Waals surface area (Å²) in [5.74, 6) is -1.12. The molecule has 7 rings (SSSR count). The first-order valence-corrected chi connectivity index (χ1v) is 15.0. The number of nitrogens with two attached hydrogens (primary N) is 1. The summed E-state index contributed by atoms with van der Waals surface area (Å²) in [7, 11) is 0. The number of halogens is 6. The number of benzene rings is 1. The Morgan fingerprint density at radius 1 is 1.25 bits per heavy atom. The third kappa shape index (κ3) is 4.59. The van der Waals surface area contributed by atoms with E-state index in [1.807, 2.05) is 4.90 Å². The molecule has 0 bridgehead atoms. The second kappa shape index (κ2) is 10.4. The van der Waals surface area contributed by atoms with Crippen LogP contribution >= 0.6 is 11.6 Å². The van der Waals surface area contributed by atoms with E-state index in [2.05, 4.69) is 20.2 Å². The minimum atomic E-state index is -4.90. The Labute approximate surface area is 254 Å². The molecule has 44 heavy (non-hydrogen) atoms. The number of hydrogen-bond acceptors (Lipinski definition) is 9. The monoisotopic (exact) mass is 639 g/mol. The average Bonchev–Trinajstić information content (AvgIpc) is 3.44. The summed E-state index contributed by atoms with van der Waals surface area (Å²) in [6, 6.07) is 0.628. The molecule has 0 saturated carbocycles. The summed E-state index contributed by atoms with van der Waals surface area (Å²) in [5, 5.41) is 3.05. The standard InChI is InChI=1S/C29H31ClF5N7O2/c1-13-8-17(36)38-23(20(13)29(33,34)35)18-21(30)25-19-24(22(18)32)39-27(43-12-28-4-3-6-41(28)11-15(31)9-28)40-26(19)42-7-5-37-10-16(42)14(2)44-25/h8,14-16,37H,3-7,9-12H2,1-2H3,(H2,36,38)/t14-,15+,16-,28?/m0/s1. The van der Waals surface area contributed by atoms with Gasteiger partial charge in [0.15, 0.2) is 11.6 Å². The lowest BCUT2D eigenvalue weighted by Gasteiger charge is -2.38. The fourth-order valence-corrected chi connectivity index (χ4v) is 7.69. The Morgan fingerprint density at radius 3 is 2.82 bits per heavy atom. The van der Waals surface area contributed by atoms with Crippen LogP contribution in [0.4, 0.5) is 33.6 Å². The van der Waals surface area contributed by atoms with Crippen molar-refractivity contribution in [1.29, 1.82) is 0 Å². The van der Waals surface area contributed by atoms with E-state index >= 15 is 4.39 Å². The maximum atomic E-state index is 16.8. The Hall–Kier alpha value is -3.23. The van der Waals surface area contributed by atoms with E-state index in [0.717, 1.165) is 25.5 Å². The number of nitrogens with one attached hydrogen (secondary N) is 1. The summed E-state index contributed by atoms with van der Waals surface area (Å²) in [6.45, 7) is 5.77. The topological polar surface area (TPSA) is 102 Å². The number of pyridine rings is 1. The Morgan fingerprint density at radius 2 is 2.05 bits per heavy atom. The number of alkyl halides is 4. The molecule has 3 N–H and O–H groups in total. The van der Waals surface area contributed by atoms with Crippen LogP contribution in [0.3, 0.4) is 0 Å². The van der Waals surface area contributed by atoms with E-state index in [1.54, 1.807) is 6.92 Å². The first-order valence-electron chi connectivity index (χ1n) is 14.6. The van der Waals surface area contributed by atoms with Crippen LogP contribution in [0.5, 0.6) is 11.8 Å². The van der Waals surface area contributed by atoms with E-state index in [0.29, 0.717) is 38.4 Å². The summed E-state index contributed by atoms with van der Waals surface area (Å²) >= 11 is 6.78. The lowest BCUT2D eigenvalue weighted by molar-refractivity contribution is -0.137. The predicted octanol–water partition coefficient (Wildman–Crippen LogP) is 4.91. The van der Waals surface area contributed by atoms with Gasteiger partial charge in [0.2, 0.25) is 0 Å². The molecule has 0 radical (unpaired) electrons. The number of piperazine rings is 1. The van der Waals surface area contributed by atoms with Gasteiger partial charge in [0, 0.05) is 32.6 Å². The third-order valence-corrected chi connectivity index (χ3v) is 9.69. The summed E-state index contributed by atoms with van der Waals surface area (Å²) in [4.78, 5) is 17.1. The van der Waals surface area contributed by atoms with Gasteiger partial charge in [-0.2, -0.15) is 23.1 Å². The van der Waals surface area contributed by atoms with Gasteiger partial charge in [-0.1, -0.05) is 11.6 Å². The fourth-order valence-electron chi connectivity index (χ4n) is 7.38. The molecule has 9 nitrogen and oxygen atoms in total. The maximum absolute atomic E-state index is 16.8. The van der Waals surface area contributed by atoms with Gasteiger partial charge in [-0.3, -0.25) is 4.90 Å². The molecule has 1 aromatic carbocycles. The van der Waals surface area contributed by atoms with E-state index in [-0.39, 0.29) is 46.7 Å². The maximum Gasteiger partial charge on any atom is 0.418 e. The van der Waals surface area contributed by atoms with Crippen LogP contribution in [0.2, 0.25) is 5.02 Å². The lowest BCUT2D eigenvalue weighted by atomic mass is 9.95. The van der Waals surface area contributed by atoms with Crippen LogP contribution in [0.15, 0.2) is 6.07 Å². The highest BCUT2D eigenvalue weighted by atomic mass is 35.5. The zero-order chi connectivity index (χ0) is 31.1. The van der Waals surface area contributed by atoms with Crippen molar-refractivity contribution in [2.75, 3.05) is 50.0 Å². The molecule has 4 aliphatic rings. The Balaban J connectivity index is 1.45. The molecular formula is C29H31ClF5N7O2. The van der Waals surface area contributed by atoms with Crippen molar-refractivity contribution in [2.45, 2.75) is 63.1 Å². The minimum Gasteiger partial charge on any atom is -0.486 e. The van der Waals surface area contributed by atoms with Crippen molar-refractivity contribution >= 4 is 34.1 Å². The summed E-state index contributed by atoms with van der Waals surface area (Å²) < 4.78 is 86.7. The van der Waals surface area contributed by atoms with Gasteiger partial charge in [0.25, 0.3) is 0 Å². The second-order valence-corrected chi connectivity index (χ2v) is 12.5. The van der Waals surface area contributed by atoms with Crippen molar-refractivity contribution in [3.05, 3.63) is 28.0 Å². The number of rotatable bonds is 4. The van der Waals surface area contributed by atoms with Gasteiger partial charge in [-0.25, -0.2) is 13.8 Å². The van der Waals surface area contributed by atoms with Gasteiger partial charge < -0.3 is 25.4 Å². The average molecular weight is 640 g/mol. The zero-order valence-corrected chi connectivity index (χ0v) is 24.8. The molecule has 0 amide bonds. The highest BCUT2D eigenvalue weighted by Gasteiger charge is 2.50. The van der Waals surface area contributed by atoms with Crippen LogP contribution in [-0.2, 0) is 6.18 Å². The van der Waals surface area contributed by atoms with Crippen molar-refractivity contribution in [2.24, 2.45) is 0 Å². The van der Waals surface area contributed by atoms with E-state index in [4.69, 9.17) is 31.8 Å². The Bertz CT molecular complexity index is 1660. The number of nitrogen functional groups attached to an aromatic ring is 1. The van der Waals surface area contributed by atoms with Gasteiger partial charge in [-0.15, -0.1) is 0 Å². The van der Waals surface area contributed by atoms with Crippen molar-refractivity contribution in [1.82, 2.24) is 25.2 Å². The van der Waals surface area contributed by atoms with Crippen LogP contribution < -0.4 is 25.4 Å². The van der Waals surface area contributed by atoms with Crippen molar-refractivity contribution < 1.29 is 31.4 Å². The number of nitrogens with zero attached hydrogens (tertiary/aromatic N) is 5. The second-order valence-electron chi connectivity index (χ2n) is 12.1. The molecule has 4 aliphatic heterocycles. The number of fused-ring (bicyclic) bond motifs is 3. The first kappa shape index (κ1) is 29.5. The predicted molar refractivity (Wildman–Crippen MR) is 155 cm³/mol. The molecule has 236 valence electrons. The van der Waals surface area contributed by atoms with Crippen LogP contribution in [-0.4, -0.2) is 83.0 Å². The number of hydrogen-bond donors (Lipinski definition) is 2. The molecular weight excluding hydrogens is 609 g/mol. The molecule has 0 aliphatic carbocycles. The highest BCUT2D eigenvalue weighted by molar-refractivity contribution is 6.36. The van der Waals surface area contributed by atoms with Crippen LogP contribution in [0, 0.1) is 12.7 Å². The fraction of sp³-hybridized carbons (Fsp3) is 0.552. The minimum absolute atomic E-state index is 0.0480. The van der Waals surface area contributed by atoms with Gasteiger partial charge >= 0.3 is 12.2 Å². The molecule has 4 atom stereocenters. The van der Waals surface area contributed by atoms with E-state index < -0.39 is 51.7 Å². The first-order chi connectivity index (χ1) is 20.9. The summed E-state index contributed by atoms with van der Waals surface area (Å²) in [6.07, 6.45) is -4.47. The molecule has 6 heterocycles. The van der Waals surface area contributed by atoms with E-state index in [9.17, 15) is 17.6 Å². The van der Waals surface area contributed by atoms with Crippen molar-refractivity contribution in [3.8, 4) is 23.0 Å². The normalized spacial score (nSPS) is 26.8. The number of aryl methyl sites for hydroxylation is 1. The number of ether oxygens (including phenoxy) is 2. The number of anilines is 2. The largest absolute Gasteiger partial charge is 0.486 e. The molecule has 3 fully saturated rings. The smallest absolute Gasteiger partial charge is 0.418 e. The van der Waals surface area contributed by atoms with E-state index in [1.165, 1.54) is 6.92 Å². The molecule has 2 aromatic heterocycles. The molecule has 15 heteroatoms. The highest BCUT2D eigenvalue weighted by Crippen LogP contribution is 2.51. The molecule has 3 saturated heterocycles. The molecule has 3 aromatic rings. The van der Waals surface area contributed by atoms with Crippen LogP contribution in [0.1, 0.15) is 37.3 Å². The number of aromatic nitrogens is 3. The van der Waals surface area contributed by atoms with Gasteiger partial charge in [0.1, 0.15) is 36.0 Å². The third-order valence-electron chi connectivity index (χ3n) is 9.33. The van der Waals surface area contributed by atoms with Crippen LogP contribution in [0.25, 0.3) is 22.2 Å².